The lowest BCUT2D eigenvalue weighted by Crippen LogP contribution is -2.05. The van der Waals surface area contributed by atoms with Crippen LogP contribution in [0.5, 0.6) is 0 Å². The van der Waals surface area contributed by atoms with Gasteiger partial charge in [-0.05, 0) is 31.0 Å². The molecule has 2 aromatic rings. The van der Waals surface area contributed by atoms with Crippen molar-refractivity contribution < 1.29 is 9.53 Å². The number of carbonyl (C=O) groups is 1. The normalized spacial score (nSPS) is 10.7. The summed E-state index contributed by atoms with van der Waals surface area (Å²) < 4.78 is 5.96. The lowest BCUT2D eigenvalue weighted by molar-refractivity contribution is 0.0533. The van der Waals surface area contributed by atoms with Crippen molar-refractivity contribution in [2.45, 2.75) is 20.3 Å². The average molecular weight is 389 g/mol. The van der Waals surface area contributed by atoms with E-state index in [2.05, 4.69) is 15.9 Å². The third kappa shape index (κ3) is 3.25. The van der Waals surface area contributed by atoms with E-state index in [4.69, 9.17) is 22.1 Å². The molecule has 0 spiro atoms. The fraction of sp³-hybridized carbons (Fsp3) is 0.267. The summed E-state index contributed by atoms with van der Waals surface area (Å²) in [5.41, 5.74) is 8.43. The summed E-state index contributed by atoms with van der Waals surface area (Å²) in [5, 5.41) is 0.621. The second-order valence-corrected chi connectivity index (χ2v) is 6.69. The van der Waals surface area contributed by atoms with E-state index < -0.39 is 0 Å². The van der Waals surface area contributed by atoms with E-state index in [0.717, 1.165) is 26.9 Å². The lowest BCUT2D eigenvalue weighted by Gasteiger charge is -2.05. The van der Waals surface area contributed by atoms with Crippen LogP contribution in [0.4, 0.5) is 5.69 Å². The van der Waals surface area contributed by atoms with E-state index >= 15 is 0 Å². The summed E-state index contributed by atoms with van der Waals surface area (Å²) in [5.74, 6) is -0.380. The lowest BCUT2D eigenvalue weighted by atomic mass is 10.1. The van der Waals surface area contributed by atoms with E-state index in [1.54, 1.807) is 6.92 Å². The highest BCUT2D eigenvalue weighted by atomic mass is 79.9. The Morgan fingerprint density at radius 2 is 2.14 bits per heavy atom. The molecule has 0 radical (unpaired) electrons. The van der Waals surface area contributed by atoms with Crippen LogP contribution >= 0.6 is 38.9 Å². The number of rotatable bonds is 4. The summed E-state index contributed by atoms with van der Waals surface area (Å²) >= 11 is 11.0. The van der Waals surface area contributed by atoms with Crippen LogP contribution in [0.1, 0.15) is 29.1 Å². The first kappa shape index (κ1) is 16.3. The number of esters is 1. The fourth-order valence-electron chi connectivity index (χ4n) is 2.07. The van der Waals surface area contributed by atoms with Gasteiger partial charge in [0.2, 0.25) is 0 Å². The Balaban J connectivity index is 2.58. The first-order chi connectivity index (χ1) is 9.99. The van der Waals surface area contributed by atoms with Crippen LogP contribution in [-0.2, 0) is 11.2 Å². The van der Waals surface area contributed by atoms with Gasteiger partial charge in [-0.2, -0.15) is 0 Å². The highest BCUT2D eigenvalue weighted by Gasteiger charge is 2.22. The molecule has 0 unspecified atom stereocenters. The Morgan fingerprint density at radius 1 is 1.43 bits per heavy atom. The molecule has 112 valence electrons. The standard InChI is InChI=1S/C15H15BrClNO2S/c1-3-9-12(18)14(15(19)20-4-2)21-13(9)10-6-5-8(16)7-11(10)17/h5-7H,3-4,18H2,1-2H3. The highest BCUT2D eigenvalue weighted by Crippen LogP contribution is 2.42. The van der Waals surface area contributed by atoms with Gasteiger partial charge in [0.25, 0.3) is 0 Å². The summed E-state index contributed by atoms with van der Waals surface area (Å²) in [6.45, 7) is 4.10. The maximum Gasteiger partial charge on any atom is 0.350 e. The van der Waals surface area contributed by atoms with Crippen molar-refractivity contribution in [1.82, 2.24) is 0 Å². The van der Waals surface area contributed by atoms with Crippen LogP contribution in [-0.4, -0.2) is 12.6 Å². The van der Waals surface area contributed by atoms with Gasteiger partial charge in [-0.3, -0.25) is 0 Å². The highest BCUT2D eigenvalue weighted by molar-refractivity contribution is 9.10. The van der Waals surface area contributed by atoms with Crippen molar-refractivity contribution in [1.29, 1.82) is 0 Å². The maximum absolute atomic E-state index is 12.0. The Morgan fingerprint density at radius 3 is 2.71 bits per heavy atom. The molecule has 1 aromatic heterocycles. The molecule has 0 amide bonds. The Labute approximate surface area is 141 Å². The minimum Gasteiger partial charge on any atom is -0.462 e. The van der Waals surface area contributed by atoms with Gasteiger partial charge in [0, 0.05) is 14.9 Å². The zero-order valence-electron chi connectivity index (χ0n) is 11.7. The minimum absolute atomic E-state index is 0.325. The first-order valence-corrected chi connectivity index (χ1v) is 8.52. The predicted octanol–water partition coefficient (Wildman–Crippen LogP) is 5.15. The van der Waals surface area contributed by atoms with Gasteiger partial charge in [0.1, 0.15) is 4.88 Å². The van der Waals surface area contributed by atoms with Gasteiger partial charge < -0.3 is 10.5 Å². The molecule has 21 heavy (non-hydrogen) atoms. The van der Waals surface area contributed by atoms with Crippen molar-refractivity contribution in [3.63, 3.8) is 0 Å². The summed E-state index contributed by atoms with van der Waals surface area (Å²) in [7, 11) is 0. The monoisotopic (exact) mass is 387 g/mol. The fourth-order valence-corrected chi connectivity index (χ4v) is 4.14. The van der Waals surface area contributed by atoms with Crippen LogP contribution in [0.3, 0.4) is 0 Å². The third-order valence-electron chi connectivity index (χ3n) is 3.04. The number of anilines is 1. The molecule has 6 heteroatoms. The molecule has 0 saturated carbocycles. The zero-order chi connectivity index (χ0) is 15.6. The summed E-state index contributed by atoms with van der Waals surface area (Å²) in [6, 6.07) is 5.67. The number of halogens is 2. The number of hydrogen-bond donors (Lipinski definition) is 1. The SMILES string of the molecule is CCOC(=O)c1sc(-c2ccc(Br)cc2Cl)c(CC)c1N. The number of nitrogens with two attached hydrogens (primary N) is 1. The first-order valence-electron chi connectivity index (χ1n) is 6.53. The Bertz CT molecular complexity index is 685. The van der Waals surface area contributed by atoms with Gasteiger partial charge >= 0.3 is 5.97 Å². The molecule has 0 saturated heterocycles. The largest absolute Gasteiger partial charge is 0.462 e. The number of benzene rings is 1. The van der Waals surface area contributed by atoms with Crippen molar-refractivity contribution >= 4 is 50.5 Å². The molecular weight excluding hydrogens is 374 g/mol. The van der Waals surface area contributed by atoms with Crippen LogP contribution < -0.4 is 5.73 Å². The number of thiophene rings is 1. The van der Waals surface area contributed by atoms with Crippen LogP contribution in [0, 0.1) is 0 Å². The van der Waals surface area contributed by atoms with E-state index in [1.807, 2.05) is 25.1 Å². The summed E-state index contributed by atoms with van der Waals surface area (Å²) in [4.78, 5) is 13.4. The molecule has 0 atom stereocenters. The minimum atomic E-state index is -0.380. The number of ether oxygens (including phenoxy) is 1. The predicted molar refractivity (Wildman–Crippen MR) is 92.2 cm³/mol. The molecule has 0 aliphatic rings. The van der Waals surface area contributed by atoms with E-state index in [0.29, 0.717) is 22.2 Å². The molecule has 3 nitrogen and oxygen atoms in total. The van der Waals surface area contributed by atoms with Gasteiger partial charge in [-0.15, -0.1) is 11.3 Å². The van der Waals surface area contributed by atoms with E-state index in [1.165, 1.54) is 11.3 Å². The quantitative estimate of drug-likeness (QED) is 0.737. The molecule has 2 rings (SSSR count). The molecule has 0 aliphatic carbocycles. The van der Waals surface area contributed by atoms with Gasteiger partial charge in [0.05, 0.1) is 17.3 Å². The molecule has 0 bridgehead atoms. The van der Waals surface area contributed by atoms with Crippen LogP contribution in [0.25, 0.3) is 10.4 Å². The maximum atomic E-state index is 12.0. The van der Waals surface area contributed by atoms with Crippen LogP contribution in [0.15, 0.2) is 22.7 Å². The van der Waals surface area contributed by atoms with E-state index in [9.17, 15) is 4.79 Å². The molecule has 0 fully saturated rings. The zero-order valence-corrected chi connectivity index (χ0v) is 14.9. The topological polar surface area (TPSA) is 52.3 Å². The van der Waals surface area contributed by atoms with Gasteiger partial charge in [0.15, 0.2) is 0 Å². The van der Waals surface area contributed by atoms with Crippen molar-refractivity contribution in [3.8, 4) is 10.4 Å². The molecule has 1 heterocycles. The third-order valence-corrected chi connectivity index (χ3v) is 5.11. The summed E-state index contributed by atoms with van der Waals surface area (Å²) in [6.07, 6.45) is 0.726. The Kier molecular flexibility index (Phi) is 5.30. The molecule has 0 aliphatic heterocycles. The molecule has 2 N–H and O–H groups in total. The van der Waals surface area contributed by atoms with E-state index in [-0.39, 0.29) is 5.97 Å². The Hall–Kier alpha value is -1.04. The van der Waals surface area contributed by atoms with Crippen molar-refractivity contribution in [2.24, 2.45) is 0 Å². The van der Waals surface area contributed by atoms with Crippen LogP contribution in [0.2, 0.25) is 5.02 Å². The number of nitrogen functional groups attached to an aromatic ring is 1. The van der Waals surface area contributed by atoms with Crippen molar-refractivity contribution in [3.05, 3.63) is 38.1 Å². The van der Waals surface area contributed by atoms with Gasteiger partial charge in [-0.1, -0.05) is 40.5 Å². The number of hydrogen-bond acceptors (Lipinski definition) is 4. The average Bonchev–Trinajstić information content (AvgIpc) is 2.76. The number of carbonyl (C=O) groups excluding carboxylic acids is 1. The smallest absolute Gasteiger partial charge is 0.350 e. The second-order valence-electron chi connectivity index (χ2n) is 4.35. The van der Waals surface area contributed by atoms with Crippen molar-refractivity contribution in [2.75, 3.05) is 12.3 Å². The molecular formula is C15H15BrClNO2S. The second kappa shape index (κ2) is 6.81. The molecule has 1 aromatic carbocycles. The van der Waals surface area contributed by atoms with Gasteiger partial charge in [-0.25, -0.2) is 4.79 Å².